The molecule has 0 amide bonds. The van der Waals surface area contributed by atoms with Crippen LogP contribution in [0.2, 0.25) is 0 Å². The molecule has 2 rings (SSSR count). The first kappa shape index (κ1) is 18.0. The summed E-state index contributed by atoms with van der Waals surface area (Å²) >= 11 is 0. The predicted octanol–water partition coefficient (Wildman–Crippen LogP) is 6.79. The standard InChI is InChI=1S/C21H31FO/c1-2-3-6-17-23-21-14-12-20(13-15-21)19-10-8-18(9-11-19)7-4-5-16-22/h5,12-16,18-19H,2-4,6-11,17H2,1H3/b16-5+. The predicted molar refractivity (Wildman–Crippen MR) is 95.6 cm³/mol. The molecule has 2 heteroatoms. The largest absolute Gasteiger partial charge is 0.494 e. The number of hydrogen-bond acceptors (Lipinski definition) is 1. The summed E-state index contributed by atoms with van der Waals surface area (Å²) in [6.45, 7) is 3.03. The maximum atomic E-state index is 12.0. The van der Waals surface area contributed by atoms with Crippen molar-refractivity contribution in [3.63, 3.8) is 0 Å². The SMILES string of the molecule is CCCCCOc1ccc(C2CCC(CC/C=C/F)CC2)cc1. The van der Waals surface area contributed by atoms with Gasteiger partial charge in [0.2, 0.25) is 0 Å². The monoisotopic (exact) mass is 318 g/mol. The minimum atomic E-state index is 0.678. The minimum absolute atomic E-state index is 0.678. The van der Waals surface area contributed by atoms with E-state index in [2.05, 4.69) is 31.2 Å². The molecule has 0 spiro atoms. The van der Waals surface area contributed by atoms with Crippen LogP contribution in [0.4, 0.5) is 4.39 Å². The van der Waals surface area contributed by atoms with Gasteiger partial charge in [0.1, 0.15) is 5.75 Å². The van der Waals surface area contributed by atoms with E-state index in [1.165, 1.54) is 44.1 Å². The number of rotatable bonds is 9. The molecule has 1 saturated carbocycles. The van der Waals surface area contributed by atoms with Gasteiger partial charge in [-0.25, -0.2) is 4.39 Å². The van der Waals surface area contributed by atoms with Crippen LogP contribution in [-0.4, -0.2) is 6.61 Å². The number of unbranched alkanes of at least 4 members (excludes halogenated alkanes) is 2. The quantitative estimate of drug-likeness (QED) is 0.455. The summed E-state index contributed by atoms with van der Waals surface area (Å²) in [7, 11) is 0. The Kier molecular flexibility index (Phi) is 8.20. The van der Waals surface area contributed by atoms with Gasteiger partial charge < -0.3 is 4.74 Å². The van der Waals surface area contributed by atoms with Crippen LogP contribution in [0.15, 0.2) is 36.7 Å². The van der Waals surface area contributed by atoms with Crippen molar-refractivity contribution in [2.75, 3.05) is 6.61 Å². The normalized spacial score (nSPS) is 21.7. The van der Waals surface area contributed by atoms with E-state index in [9.17, 15) is 4.39 Å². The summed E-state index contributed by atoms with van der Waals surface area (Å²) in [5.74, 6) is 2.47. The lowest BCUT2D eigenvalue weighted by molar-refractivity contribution is 0.304. The first-order chi connectivity index (χ1) is 11.3. The van der Waals surface area contributed by atoms with Gasteiger partial charge >= 0.3 is 0 Å². The summed E-state index contributed by atoms with van der Waals surface area (Å²) in [5.41, 5.74) is 1.45. The minimum Gasteiger partial charge on any atom is -0.494 e. The van der Waals surface area contributed by atoms with Gasteiger partial charge in [-0.05, 0) is 74.5 Å². The highest BCUT2D eigenvalue weighted by Gasteiger charge is 2.21. The van der Waals surface area contributed by atoms with E-state index in [0.29, 0.717) is 12.2 Å². The molecule has 0 heterocycles. The van der Waals surface area contributed by atoms with Crippen molar-refractivity contribution in [1.82, 2.24) is 0 Å². The number of halogens is 1. The molecule has 128 valence electrons. The second-order valence-corrected chi connectivity index (χ2v) is 6.78. The van der Waals surface area contributed by atoms with Crippen molar-refractivity contribution in [1.29, 1.82) is 0 Å². The van der Waals surface area contributed by atoms with Gasteiger partial charge in [-0.1, -0.05) is 38.0 Å². The second-order valence-electron chi connectivity index (χ2n) is 6.78. The van der Waals surface area contributed by atoms with E-state index in [4.69, 9.17) is 4.74 Å². The molecule has 1 aliphatic rings. The van der Waals surface area contributed by atoms with Gasteiger partial charge in [0.15, 0.2) is 0 Å². The molecule has 1 nitrogen and oxygen atoms in total. The number of benzene rings is 1. The maximum Gasteiger partial charge on any atom is 0.119 e. The molecule has 1 aliphatic carbocycles. The van der Waals surface area contributed by atoms with E-state index in [1.54, 1.807) is 6.08 Å². The van der Waals surface area contributed by atoms with Crippen LogP contribution in [0.1, 0.15) is 76.2 Å². The summed E-state index contributed by atoms with van der Waals surface area (Å²) in [6, 6.07) is 8.73. The van der Waals surface area contributed by atoms with E-state index < -0.39 is 0 Å². The Bertz CT molecular complexity index is 443. The zero-order valence-corrected chi connectivity index (χ0v) is 14.5. The Morgan fingerprint density at radius 2 is 1.83 bits per heavy atom. The van der Waals surface area contributed by atoms with E-state index in [1.807, 2.05) is 0 Å². The summed E-state index contributed by atoms with van der Waals surface area (Å²) in [4.78, 5) is 0. The van der Waals surface area contributed by atoms with E-state index >= 15 is 0 Å². The summed E-state index contributed by atoms with van der Waals surface area (Å²) < 4.78 is 17.8. The molecule has 0 saturated heterocycles. The van der Waals surface area contributed by atoms with Crippen molar-refractivity contribution in [3.8, 4) is 5.75 Å². The average Bonchev–Trinajstić information content (AvgIpc) is 2.60. The van der Waals surface area contributed by atoms with Crippen LogP contribution < -0.4 is 4.74 Å². The van der Waals surface area contributed by atoms with Crippen LogP contribution in [0, 0.1) is 5.92 Å². The molecule has 23 heavy (non-hydrogen) atoms. The lowest BCUT2D eigenvalue weighted by Crippen LogP contribution is -2.13. The van der Waals surface area contributed by atoms with Crippen molar-refractivity contribution >= 4 is 0 Å². The Hall–Kier alpha value is -1.31. The van der Waals surface area contributed by atoms with Crippen LogP contribution in [0.5, 0.6) is 5.75 Å². The molecular formula is C21H31FO. The van der Waals surface area contributed by atoms with Gasteiger partial charge in [0.25, 0.3) is 0 Å². The molecule has 0 aliphatic heterocycles. The first-order valence-corrected chi connectivity index (χ1v) is 9.31. The molecule has 1 aromatic carbocycles. The zero-order valence-electron chi connectivity index (χ0n) is 14.5. The van der Waals surface area contributed by atoms with Gasteiger partial charge in [-0.2, -0.15) is 0 Å². The third-order valence-electron chi connectivity index (χ3n) is 5.05. The van der Waals surface area contributed by atoms with Gasteiger partial charge in [-0.15, -0.1) is 0 Å². The lowest BCUT2D eigenvalue weighted by Gasteiger charge is -2.28. The molecule has 1 aromatic rings. The van der Waals surface area contributed by atoms with Crippen molar-refractivity contribution in [2.45, 2.75) is 70.6 Å². The van der Waals surface area contributed by atoms with Crippen LogP contribution in [0.3, 0.4) is 0 Å². The second kappa shape index (κ2) is 10.5. The average molecular weight is 318 g/mol. The van der Waals surface area contributed by atoms with E-state index in [-0.39, 0.29) is 0 Å². The van der Waals surface area contributed by atoms with E-state index in [0.717, 1.165) is 37.5 Å². The Morgan fingerprint density at radius 3 is 2.48 bits per heavy atom. The number of ether oxygens (including phenoxy) is 1. The molecule has 0 radical (unpaired) electrons. The Morgan fingerprint density at radius 1 is 1.09 bits per heavy atom. The Balaban J connectivity index is 1.73. The fraction of sp³-hybridized carbons (Fsp3) is 0.619. The van der Waals surface area contributed by atoms with Gasteiger partial charge in [-0.3, -0.25) is 0 Å². The van der Waals surface area contributed by atoms with Gasteiger partial charge in [0.05, 0.1) is 12.9 Å². The summed E-state index contributed by atoms with van der Waals surface area (Å²) in [6.07, 6.45) is 13.0. The fourth-order valence-corrected chi connectivity index (χ4v) is 3.56. The van der Waals surface area contributed by atoms with Crippen molar-refractivity contribution in [2.24, 2.45) is 5.92 Å². The molecule has 0 bridgehead atoms. The third kappa shape index (κ3) is 6.37. The van der Waals surface area contributed by atoms with Gasteiger partial charge in [0, 0.05) is 0 Å². The van der Waals surface area contributed by atoms with Crippen molar-refractivity contribution in [3.05, 3.63) is 42.2 Å². The molecule has 0 unspecified atom stereocenters. The molecule has 1 fully saturated rings. The number of hydrogen-bond donors (Lipinski definition) is 0. The topological polar surface area (TPSA) is 9.23 Å². The highest BCUT2D eigenvalue weighted by molar-refractivity contribution is 5.29. The third-order valence-corrected chi connectivity index (χ3v) is 5.05. The van der Waals surface area contributed by atoms with Crippen molar-refractivity contribution < 1.29 is 9.13 Å². The molecule has 0 aromatic heterocycles. The first-order valence-electron chi connectivity index (χ1n) is 9.31. The lowest BCUT2D eigenvalue weighted by atomic mass is 9.77. The highest BCUT2D eigenvalue weighted by Crippen LogP contribution is 2.37. The molecule has 0 atom stereocenters. The summed E-state index contributed by atoms with van der Waals surface area (Å²) in [5, 5.41) is 0. The van der Waals surface area contributed by atoms with Crippen LogP contribution in [-0.2, 0) is 0 Å². The maximum absolute atomic E-state index is 12.0. The number of allylic oxidation sites excluding steroid dienone is 1. The fourth-order valence-electron chi connectivity index (χ4n) is 3.56. The smallest absolute Gasteiger partial charge is 0.119 e. The highest BCUT2D eigenvalue weighted by atomic mass is 19.1. The molecular weight excluding hydrogens is 287 g/mol. The van der Waals surface area contributed by atoms with Crippen LogP contribution >= 0.6 is 0 Å². The van der Waals surface area contributed by atoms with Crippen LogP contribution in [0.25, 0.3) is 0 Å². The zero-order chi connectivity index (χ0) is 16.3. The Labute approximate surface area is 140 Å². The molecule has 0 N–H and O–H groups in total.